The van der Waals surface area contributed by atoms with E-state index in [0.717, 1.165) is 30.9 Å². The Morgan fingerprint density at radius 2 is 2.21 bits per heavy atom. The maximum Gasteiger partial charge on any atom is 0.266 e. The third-order valence-electron chi connectivity index (χ3n) is 3.37. The van der Waals surface area contributed by atoms with Crippen LogP contribution in [0.15, 0.2) is 35.1 Å². The molecule has 1 aromatic heterocycles. The van der Waals surface area contributed by atoms with Crippen LogP contribution in [0.5, 0.6) is 5.75 Å². The number of hydrogen-bond acceptors (Lipinski definition) is 3. The number of nitrogens with zero attached hydrogens (tertiary/aromatic N) is 2. The second kappa shape index (κ2) is 4.88. The number of ether oxygens (including phenoxy) is 1. The van der Waals surface area contributed by atoms with Crippen molar-refractivity contribution in [1.82, 2.24) is 9.78 Å². The van der Waals surface area contributed by atoms with Crippen molar-refractivity contribution in [3.8, 4) is 5.75 Å². The average Bonchev–Trinajstić information content (AvgIpc) is 2.87. The molecule has 0 bridgehead atoms. The highest BCUT2D eigenvalue weighted by Gasteiger charge is 2.11. The molecule has 19 heavy (non-hydrogen) atoms. The van der Waals surface area contributed by atoms with E-state index >= 15 is 0 Å². The maximum atomic E-state index is 11.7. The molecule has 1 aliphatic heterocycles. The van der Waals surface area contributed by atoms with Crippen LogP contribution in [-0.4, -0.2) is 16.4 Å². The summed E-state index contributed by atoms with van der Waals surface area (Å²) in [5.74, 6) is 0.995. The van der Waals surface area contributed by atoms with Gasteiger partial charge in [0.2, 0.25) is 0 Å². The van der Waals surface area contributed by atoms with Gasteiger partial charge in [-0.1, -0.05) is 12.1 Å². The van der Waals surface area contributed by atoms with E-state index < -0.39 is 0 Å². The molecule has 1 aromatic carbocycles. The van der Waals surface area contributed by atoms with E-state index in [1.54, 1.807) is 12.1 Å². The summed E-state index contributed by atoms with van der Waals surface area (Å²) in [6.07, 6.45) is 1.79. The van der Waals surface area contributed by atoms with Crippen LogP contribution in [0.1, 0.15) is 16.8 Å². The highest BCUT2D eigenvalue weighted by atomic mass is 16.5. The fraction of sp³-hybridized carbons (Fsp3) is 0.333. The summed E-state index contributed by atoms with van der Waals surface area (Å²) in [6, 6.07) is 9.56. The number of benzene rings is 1. The number of rotatable bonds is 3. The Kier molecular flexibility index (Phi) is 3.07. The van der Waals surface area contributed by atoms with Gasteiger partial charge in [0.15, 0.2) is 0 Å². The molecule has 4 heteroatoms. The number of hydrogen-bond donors (Lipinski definition) is 0. The SMILES string of the molecule is Cc1ccc(=O)n(CCc2ccc3c(c2)CCO3)n1. The van der Waals surface area contributed by atoms with Crippen LogP contribution < -0.4 is 10.3 Å². The molecular formula is C15H16N2O2. The average molecular weight is 256 g/mol. The first-order chi connectivity index (χ1) is 9.22. The molecule has 0 amide bonds. The summed E-state index contributed by atoms with van der Waals surface area (Å²) in [5, 5.41) is 4.24. The van der Waals surface area contributed by atoms with Crippen molar-refractivity contribution in [1.29, 1.82) is 0 Å². The van der Waals surface area contributed by atoms with Crippen molar-refractivity contribution in [2.24, 2.45) is 0 Å². The molecule has 0 saturated heterocycles. The van der Waals surface area contributed by atoms with Gasteiger partial charge in [-0.25, -0.2) is 4.68 Å². The van der Waals surface area contributed by atoms with Gasteiger partial charge in [0.1, 0.15) is 5.75 Å². The van der Waals surface area contributed by atoms with E-state index in [4.69, 9.17) is 4.74 Å². The molecule has 2 heterocycles. The molecular weight excluding hydrogens is 240 g/mol. The van der Waals surface area contributed by atoms with Crippen molar-refractivity contribution < 1.29 is 4.74 Å². The molecule has 0 fully saturated rings. The first-order valence-corrected chi connectivity index (χ1v) is 6.52. The molecule has 4 nitrogen and oxygen atoms in total. The van der Waals surface area contributed by atoms with Crippen molar-refractivity contribution in [3.63, 3.8) is 0 Å². The Labute approximate surface area is 111 Å². The minimum Gasteiger partial charge on any atom is -0.493 e. The Bertz CT molecular complexity index is 661. The van der Waals surface area contributed by atoms with Gasteiger partial charge in [0.05, 0.1) is 12.3 Å². The summed E-state index contributed by atoms with van der Waals surface area (Å²) in [6.45, 7) is 3.28. The molecule has 0 radical (unpaired) electrons. The molecule has 98 valence electrons. The fourth-order valence-electron chi connectivity index (χ4n) is 2.34. The van der Waals surface area contributed by atoms with Crippen LogP contribution in [0, 0.1) is 6.92 Å². The molecule has 0 atom stereocenters. The minimum atomic E-state index is -0.0462. The fourth-order valence-corrected chi connectivity index (χ4v) is 2.34. The highest BCUT2D eigenvalue weighted by Crippen LogP contribution is 2.25. The van der Waals surface area contributed by atoms with E-state index in [1.165, 1.54) is 15.8 Å². The van der Waals surface area contributed by atoms with Crippen molar-refractivity contribution in [2.45, 2.75) is 26.3 Å². The normalized spacial score (nSPS) is 13.1. The molecule has 0 spiro atoms. The van der Waals surface area contributed by atoms with Crippen LogP contribution in [0.25, 0.3) is 0 Å². The lowest BCUT2D eigenvalue weighted by atomic mass is 10.1. The van der Waals surface area contributed by atoms with Crippen LogP contribution in [0.3, 0.4) is 0 Å². The van der Waals surface area contributed by atoms with Crippen molar-refractivity contribution in [2.75, 3.05) is 6.61 Å². The third kappa shape index (κ3) is 2.52. The molecule has 3 rings (SSSR count). The Balaban J connectivity index is 1.76. The van der Waals surface area contributed by atoms with Crippen LogP contribution in [0.4, 0.5) is 0 Å². The Morgan fingerprint density at radius 1 is 1.32 bits per heavy atom. The van der Waals surface area contributed by atoms with Crippen LogP contribution in [0.2, 0.25) is 0 Å². The first kappa shape index (κ1) is 12.0. The third-order valence-corrected chi connectivity index (χ3v) is 3.37. The molecule has 1 aliphatic rings. The molecule has 0 saturated carbocycles. The van der Waals surface area contributed by atoms with Crippen molar-refractivity contribution >= 4 is 0 Å². The van der Waals surface area contributed by atoms with E-state index in [0.29, 0.717) is 6.54 Å². The van der Waals surface area contributed by atoms with Gasteiger partial charge in [0, 0.05) is 19.0 Å². The smallest absolute Gasteiger partial charge is 0.266 e. The van der Waals surface area contributed by atoms with Gasteiger partial charge in [-0.2, -0.15) is 5.10 Å². The summed E-state index contributed by atoms with van der Waals surface area (Å²) >= 11 is 0. The zero-order chi connectivity index (χ0) is 13.2. The molecule has 0 aliphatic carbocycles. The van der Waals surface area contributed by atoms with Gasteiger partial charge in [0.25, 0.3) is 5.56 Å². The van der Waals surface area contributed by atoms with E-state index in [9.17, 15) is 4.79 Å². The summed E-state index contributed by atoms with van der Waals surface area (Å²) < 4.78 is 7.01. The lowest BCUT2D eigenvalue weighted by Crippen LogP contribution is -2.23. The zero-order valence-electron chi connectivity index (χ0n) is 10.9. The van der Waals surface area contributed by atoms with E-state index in [2.05, 4.69) is 17.2 Å². The predicted octanol–water partition coefficient (Wildman–Crippen LogP) is 1.73. The number of fused-ring (bicyclic) bond motifs is 1. The maximum absolute atomic E-state index is 11.7. The quantitative estimate of drug-likeness (QED) is 0.840. The lowest BCUT2D eigenvalue weighted by molar-refractivity contribution is 0.357. The highest BCUT2D eigenvalue weighted by molar-refractivity contribution is 5.39. The van der Waals surface area contributed by atoms with Gasteiger partial charge in [-0.05, 0) is 36.6 Å². The molecule has 0 N–H and O–H groups in total. The van der Waals surface area contributed by atoms with E-state index in [1.807, 2.05) is 13.0 Å². The summed E-state index contributed by atoms with van der Waals surface area (Å²) in [4.78, 5) is 11.7. The van der Waals surface area contributed by atoms with Gasteiger partial charge in [-0.3, -0.25) is 4.79 Å². The topological polar surface area (TPSA) is 44.1 Å². The Hall–Kier alpha value is -2.10. The molecule has 0 unspecified atom stereocenters. The predicted molar refractivity (Wildman–Crippen MR) is 72.6 cm³/mol. The minimum absolute atomic E-state index is 0.0462. The number of aromatic nitrogens is 2. The zero-order valence-corrected chi connectivity index (χ0v) is 10.9. The second-order valence-corrected chi connectivity index (χ2v) is 4.83. The largest absolute Gasteiger partial charge is 0.493 e. The molecule has 2 aromatic rings. The summed E-state index contributed by atoms with van der Waals surface area (Å²) in [7, 11) is 0. The standard InChI is InChI=1S/C15H16N2O2/c1-11-2-5-15(18)17(16-11)8-6-12-3-4-14-13(10-12)7-9-19-14/h2-5,10H,6-9H2,1H3. The summed E-state index contributed by atoms with van der Waals surface area (Å²) in [5.41, 5.74) is 3.30. The van der Waals surface area contributed by atoms with Gasteiger partial charge < -0.3 is 4.74 Å². The van der Waals surface area contributed by atoms with Crippen LogP contribution in [-0.2, 0) is 19.4 Å². The second-order valence-electron chi connectivity index (χ2n) is 4.83. The Morgan fingerprint density at radius 3 is 3.11 bits per heavy atom. The first-order valence-electron chi connectivity index (χ1n) is 6.52. The number of aryl methyl sites for hydroxylation is 3. The monoisotopic (exact) mass is 256 g/mol. The van der Waals surface area contributed by atoms with Crippen molar-refractivity contribution in [3.05, 3.63) is 57.5 Å². The van der Waals surface area contributed by atoms with Gasteiger partial charge in [-0.15, -0.1) is 0 Å². The van der Waals surface area contributed by atoms with Crippen LogP contribution >= 0.6 is 0 Å². The van der Waals surface area contributed by atoms with E-state index in [-0.39, 0.29) is 5.56 Å². The lowest BCUT2D eigenvalue weighted by Gasteiger charge is -2.06. The van der Waals surface area contributed by atoms with Gasteiger partial charge >= 0.3 is 0 Å².